The number of carbonyl (C=O) groups excluding carboxylic acids is 1. The van der Waals surface area contributed by atoms with E-state index in [1.165, 1.54) is 0 Å². The molecule has 0 bridgehead atoms. The van der Waals surface area contributed by atoms with Crippen LogP contribution in [0.3, 0.4) is 0 Å². The maximum atomic E-state index is 13.1. The topological polar surface area (TPSA) is 44.1 Å². The molecule has 0 saturated carbocycles. The van der Waals surface area contributed by atoms with Crippen LogP contribution in [-0.2, 0) is 4.79 Å². The predicted molar refractivity (Wildman–Crippen MR) is 112 cm³/mol. The van der Waals surface area contributed by atoms with E-state index in [0.29, 0.717) is 18.8 Å². The summed E-state index contributed by atoms with van der Waals surface area (Å²) in [6.07, 6.45) is 7.62. The third-order valence-corrected chi connectivity index (χ3v) is 5.02. The van der Waals surface area contributed by atoms with Crippen LogP contribution in [0.4, 0.5) is 11.4 Å². The van der Waals surface area contributed by atoms with E-state index in [4.69, 9.17) is 5.26 Å². The van der Waals surface area contributed by atoms with Gasteiger partial charge in [-0.1, -0.05) is 69.0 Å². The number of nitrogens with zero attached hydrogens (tertiary/aromatic N) is 2. The van der Waals surface area contributed by atoms with Crippen molar-refractivity contribution in [2.75, 3.05) is 4.90 Å². The van der Waals surface area contributed by atoms with Gasteiger partial charge in [-0.05, 0) is 43.0 Å². The summed E-state index contributed by atoms with van der Waals surface area (Å²) >= 11 is 0. The van der Waals surface area contributed by atoms with E-state index in [9.17, 15) is 4.79 Å². The first-order valence-corrected chi connectivity index (χ1v) is 10.1. The average Bonchev–Trinajstić information content (AvgIpc) is 2.72. The van der Waals surface area contributed by atoms with Crippen molar-refractivity contribution in [2.24, 2.45) is 5.92 Å². The molecule has 3 nitrogen and oxygen atoms in total. The molecule has 0 aliphatic rings. The van der Waals surface area contributed by atoms with Gasteiger partial charge in [0.2, 0.25) is 5.91 Å². The van der Waals surface area contributed by atoms with Gasteiger partial charge >= 0.3 is 0 Å². The number of para-hydroxylation sites is 2. The fourth-order valence-electron chi connectivity index (χ4n) is 3.40. The number of carbonyl (C=O) groups is 1. The molecular formula is C24H30N2O. The van der Waals surface area contributed by atoms with Crippen LogP contribution in [0, 0.1) is 17.2 Å². The Morgan fingerprint density at radius 3 is 2.04 bits per heavy atom. The minimum atomic E-state index is 0.148. The number of rotatable bonds is 11. The van der Waals surface area contributed by atoms with Crippen LogP contribution in [0.2, 0.25) is 0 Å². The molecule has 0 aliphatic carbocycles. The summed E-state index contributed by atoms with van der Waals surface area (Å²) in [7, 11) is 0. The lowest BCUT2D eigenvalue weighted by Crippen LogP contribution is -2.26. The lowest BCUT2D eigenvalue weighted by atomic mass is 9.93. The Bertz CT molecular complexity index is 667. The summed E-state index contributed by atoms with van der Waals surface area (Å²) in [4.78, 5) is 14.9. The molecule has 0 spiro atoms. The molecule has 1 amide bonds. The van der Waals surface area contributed by atoms with E-state index >= 15 is 0 Å². The van der Waals surface area contributed by atoms with Crippen molar-refractivity contribution in [1.82, 2.24) is 0 Å². The second-order valence-corrected chi connectivity index (χ2v) is 6.97. The Hall–Kier alpha value is -2.60. The molecule has 0 aliphatic heterocycles. The van der Waals surface area contributed by atoms with Crippen molar-refractivity contribution < 1.29 is 4.79 Å². The average molecular weight is 363 g/mol. The van der Waals surface area contributed by atoms with Crippen molar-refractivity contribution in [3.8, 4) is 6.07 Å². The highest BCUT2D eigenvalue weighted by atomic mass is 16.2. The van der Waals surface area contributed by atoms with E-state index in [1.807, 2.05) is 65.6 Å². The largest absolute Gasteiger partial charge is 0.281 e. The molecule has 27 heavy (non-hydrogen) atoms. The van der Waals surface area contributed by atoms with E-state index in [-0.39, 0.29) is 5.91 Å². The van der Waals surface area contributed by atoms with Crippen molar-refractivity contribution in [3.05, 3.63) is 60.7 Å². The van der Waals surface area contributed by atoms with Crippen LogP contribution in [-0.4, -0.2) is 5.91 Å². The van der Waals surface area contributed by atoms with Gasteiger partial charge in [0, 0.05) is 24.2 Å². The zero-order chi connectivity index (χ0) is 19.3. The third kappa shape index (κ3) is 6.90. The Labute approximate surface area is 163 Å². The van der Waals surface area contributed by atoms with Crippen molar-refractivity contribution >= 4 is 17.3 Å². The van der Waals surface area contributed by atoms with Gasteiger partial charge in [0.15, 0.2) is 0 Å². The molecule has 2 aromatic carbocycles. The second-order valence-electron chi connectivity index (χ2n) is 6.97. The van der Waals surface area contributed by atoms with Gasteiger partial charge in [-0.15, -0.1) is 0 Å². The minimum Gasteiger partial charge on any atom is -0.281 e. The number of hydrogen-bond donors (Lipinski definition) is 0. The lowest BCUT2D eigenvalue weighted by molar-refractivity contribution is -0.118. The summed E-state index contributed by atoms with van der Waals surface area (Å²) in [6.45, 7) is 2.20. The number of hydrogen-bond acceptors (Lipinski definition) is 2. The van der Waals surface area contributed by atoms with Crippen molar-refractivity contribution in [1.29, 1.82) is 5.26 Å². The summed E-state index contributed by atoms with van der Waals surface area (Å²) in [5.41, 5.74) is 1.83. The second kappa shape index (κ2) is 11.9. The highest BCUT2D eigenvalue weighted by molar-refractivity contribution is 6.00. The monoisotopic (exact) mass is 362 g/mol. The van der Waals surface area contributed by atoms with Gasteiger partial charge in [0.05, 0.1) is 6.07 Å². The van der Waals surface area contributed by atoms with Crippen molar-refractivity contribution in [2.45, 2.75) is 58.3 Å². The van der Waals surface area contributed by atoms with E-state index in [2.05, 4.69) is 13.0 Å². The number of benzene rings is 2. The molecular weight excluding hydrogens is 332 g/mol. The highest BCUT2D eigenvalue weighted by Gasteiger charge is 2.19. The van der Waals surface area contributed by atoms with Crippen LogP contribution in [0.1, 0.15) is 58.3 Å². The minimum absolute atomic E-state index is 0.148. The molecule has 142 valence electrons. The van der Waals surface area contributed by atoms with E-state index in [0.717, 1.165) is 49.9 Å². The molecule has 1 atom stereocenters. The fourth-order valence-corrected chi connectivity index (χ4v) is 3.40. The molecule has 0 saturated heterocycles. The number of amides is 1. The van der Waals surface area contributed by atoms with E-state index < -0.39 is 0 Å². The van der Waals surface area contributed by atoms with Crippen molar-refractivity contribution in [3.63, 3.8) is 0 Å². The van der Waals surface area contributed by atoms with Gasteiger partial charge in [-0.3, -0.25) is 9.69 Å². The van der Waals surface area contributed by atoms with Crippen LogP contribution < -0.4 is 4.90 Å². The van der Waals surface area contributed by atoms with Crippen LogP contribution in [0.15, 0.2) is 60.7 Å². The fraction of sp³-hybridized carbons (Fsp3) is 0.417. The first kappa shape index (κ1) is 20.7. The molecule has 0 heterocycles. The summed E-state index contributed by atoms with van der Waals surface area (Å²) in [5.74, 6) is 0.722. The Kier molecular flexibility index (Phi) is 9.13. The maximum absolute atomic E-state index is 13.1. The first-order chi connectivity index (χ1) is 13.3. The highest BCUT2D eigenvalue weighted by Crippen LogP contribution is 2.27. The Balaban J connectivity index is 1.96. The zero-order valence-electron chi connectivity index (χ0n) is 16.3. The smallest absolute Gasteiger partial charge is 0.231 e. The molecule has 0 unspecified atom stereocenters. The molecule has 0 aromatic heterocycles. The predicted octanol–water partition coefficient (Wildman–Crippen LogP) is 6.63. The Morgan fingerprint density at radius 2 is 1.52 bits per heavy atom. The number of anilines is 2. The van der Waals surface area contributed by atoms with Gasteiger partial charge in [0.25, 0.3) is 0 Å². The summed E-state index contributed by atoms with van der Waals surface area (Å²) in [6, 6.07) is 21.9. The quantitative estimate of drug-likeness (QED) is 0.421. The van der Waals surface area contributed by atoms with Gasteiger partial charge in [-0.25, -0.2) is 0 Å². The molecule has 2 rings (SSSR count). The van der Waals surface area contributed by atoms with Crippen LogP contribution in [0.5, 0.6) is 0 Å². The summed E-state index contributed by atoms with van der Waals surface area (Å²) in [5, 5.41) is 8.61. The third-order valence-electron chi connectivity index (χ3n) is 5.02. The molecule has 0 fully saturated rings. The summed E-state index contributed by atoms with van der Waals surface area (Å²) < 4.78 is 0. The normalized spacial score (nSPS) is 11.6. The lowest BCUT2D eigenvalue weighted by Gasteiger charge is -2.24. The number of unbranched alkanes of at least 4 members (excludes halogenated alkanes) is 3. The van der Waals surface area contributed by atoms with Gasteiger partial charge in [0.1, 0.15) is 0 Å². The maximum Gasteiger partial charge on any atom is 0.231 e. The number of nitriles is 1. The molecule has 0 N–H and O–H groups in total. The van der Waals surface area contributed by atoms with Crippen LogP contribution >= 0.6 is 0 Å². The molecule has 0 radical (unpaired) electrons. The Morgan fingerprint density at radius 1 is 0.926 bits per heavy atom. The zero-order valence-corrected chi connectivity index (χ0v) is 16.3. The van der Waals surface area contributed by atoms with Crippen LogP contribution in [0.25, 0.3) is 0 Å². The first-order valence-electron chi connectivity index (χ1n) is 10.1. The van der Waals surface area contributed by atoms with Gasteiger partial charge < -0.3 is 0 Å². The van der Waals surface area contributed by atoms with E-state index in [1.54, 1.807) is 0 Å². The molecule has 3 heteroatoms. The van der Waals surface area contributed by atoms with Gasteiger partial charge in [-0.2, -0.15) is 5.26 Å². The molecule has 2 aromatic rings. The SMILES string of the molecule is CC[C@@H](CCCCCC#N)CCC(=O)N(c1ccccc1)c1ccccc1. The standard InChI is InChI=1S/C24H30N2O/c1-2-21(13-7-3-4-12-20-25)18-19-24(27)26(22-14-8-5-9-15-22)23-16-10-6-11-17-23/h5-6,8-11,14-17,21H,2-4,7,12-13,18-19H2,1H3/t21-/m0/s1.